The molecule has 10 heteroatoms. The van der Waals surface area contributed by atoms with Gasteiger partial charge in [0.1, 0.15) is 0 Å². The first kappa shape index (κ1) is 31.0. The van der Waals surface area contributed by atoms with Crippen LogP contribution in [0.25, 0.3) is 27.6 Å². The Bertz CT molecular complexity index is 1800. The van der Waals surface area contributed by atoms with Gasteiger partial charge in [-0.1, -0.05) is 0 Å². The van der Waals surface area contributed by atoms with Crippen LogP contribution in [-0.2, 0) is 19.3 Å². The molecule has 0 saturated carbocycles. The van der Waals surface area contributed by atoms with E-state index in [2.05, 4.69) is 31.6 Å². The summed E-state index contributed by atoms with van der Waals surface area (Å²) >= 11 is 1.03. The van der Waals surface area contributed by atoms with Gasteiger partial charge in [0.2, 0.25) is 0 Å². The third kappa shape index (κ3) is 6.71. The Labute approximate surface area is 260 Å². The van der Waals surface area contributed by atoms with Gasteiger partial charge in [0.25, 0.3) is 0 Å². The van der Waals surface area contributed by atoms with Crippen molar-refractivity contribution in [1.82, 2.24) is 12.6 Å². The van der Waals surface area contributed by atoms with E-state index < -0.39 is 27.9 Å². The van der Waals surface area contributed by atoms with E-state index in [1.54, 1.807) is 12.3 Å². The van der Waals surface area contributed by atoms with E-state index >= 15 is 0 Å². The molecule has 0 aliphatic heterocycles. The number of fused-ring (bicyclic) bond motifs is 2. The molecule has 0 amide bonds. The number of hydrogen-bond donors (Lipinski definition) is 0. The molecule has 3 aromatic carbocycles. The van der Waals surface area contributed by atoms with Crippen molar-refractivity contribution in [1.29, 1.82) is 0 Å². The van der Waals surface area contributed by atoms with Crippen molar-refractivity contribution in [2.75, 3.05) is 25.1 Å². The molecule has 0 unspecified atom stereocenters. The summed E-state index contributed by atoms with van der Waals surface area (Å²) in [6.45, 7) is 6.74. The molecule has 0 bridgehead atoms. The fraction of sp³-hybridized carbons (Fsp3) is 0.281. The standard InChI is InChI=1S/C32H32F3I2N3O2/c1-21-14-28-30(15-22(21)2)42-20-24(31(28)41)18-39(37(3)36)13-12-38(4)17-23-19-40(29-11-6-5-10-27(23)29)26-9-7-8-25(16-26)32(33,34)35/h5-11,14-16,19-20H,12-13,17-18H2,1-4H3. The Morgan fingerprint density at radius 2 is 1.67 bits per heavy atom. The summed E-state index contributed by atoms with van der Waals surface area (Å²) in [5.74, 6) is 0. The molecule has 0 radical (unpaired) electrons. The number of rotatable bonds is 9. The number of halogens is 5. The van der Waals surface area contributed by atoms with E-state index in [1.165, 1.54) is 12.1 Å². The number of nitrogens with zero attached hydrogens (tertiary/aromatic N) is 3. The predicted octanol–water partition coefficient (Wildman–Crippen LogP) is 8.71. The number of hydrogen-bond acceptors (Lipinski definition) is 4. The fourth-order valence-corrected chi connectivity index (χ4v) is 8.87. The van der Waals surface area contributed by atoms with E-state index in [0.29, 0.717) is 35.3 Å². The molecule has 5 rings (SSSR count). The monoisotopic (exact) mass is 801 g/mol. The van der Waals surface area contributed by atoms with Crippen LogP contribution in [0.5, 0.6) is 0 Å². The topological polar surface area (TPSA) is 41.6 Å². The third-order valence-corrected chi connectivity index (χ3v) is 13.7. The Balaban J connectivity index is 1.33. The van der Waals surface area contributed by atoms with Crippen LogP contribution < -0.4 is 5.43 Å². The Morgan fingerprint density at radius 1 is 0.929 bits per heavy atom. The molecule has 0 aliphatic carbocycles. The zero-order chi connectivity index (χ0) is 30.2. The third-order valence-electron chi connectivity index (χ3n) is 7.54. The van der Waals surface area contributed by atoms with Gasteiger partial charge in [0.05, 0.1) is 0 Å². The number of benzene rings is 3. The molecule has 0 spiro atoms. The minimum atomic E-state index is -4.40. The minimum absolute atomic E-state index is 0.0224. The van der Waals surface area contributed by atoms with Crippen molar-refractivity contribution in [3.63, 3.8) is 0 Å². The second kappa shape index (κ2) is 12.7. The van der Waals surface area contributed by atoms with Gasteiger partial charge in [-0.2, -0.15) is 13.2 Å². The summed E-state index contributed by atoms with van der Waals surface area (Å²) in [5, 5.41) is 1.63. The predicted molar refractivity (Wildman–Crippen MR) is 181 cm³/mol. The summed E-state index contributed by atoms with van der Waals surface area (Å²) in [6, 6.07) is 17.1. The van der Waals surface area contributed by atoms with Crippen molar-refractivity contribution in [2.45, 2.75) is 33.1 Å². The molecule has 222 valence electrons. The maximum atomic E-state index is 13.4. The normalized spacial score (nSPS) is 12.7. The van der Waals surface area contributed by atoms with E-state index in [-0.39, 0.29) is 5.43 Å². The van der Waals surface area contributed by atoms with Crippen LogP contribution in [0, 0.1) is 13.8 Å². The molecule has 0 aliphatic rings. The van der Waals surface area contributed by atoms with Gasteiger partial charge in [0.15, 0.2) is 0 Å². The molecule has 2 heterocycles. The second-order valence-electron chi connectivity index (χ2n) is 10.6. The average molecular weight is 801 g/mol. The van der Waals surface area contributed by atoms with Crippen molar-refractivity contribution in [2.24, 2.45) is 0 Å². The molecule has 5 nitrogen and oxygen atoms in total. The first-order chi connectivity index (χ1) is 19.9. The summed E-state index contributed by atoms with van der Waals surface area (Å²) in [5.41, 5.74) is 5.18. The molecule has 2 aromatic heterocycles. The van der Waals surface area contributed by atoms with Crippen LogP contribution in [0.1, 0.15) is 27.8 Å². The zero-order valence-electron chi connectivity index (χ0n) is 23.8. The maximum absolute atomic E-state index is 13.4. The van der Waals surface area contributed by atoms with Crippen LogP contribution in [0.4, 0.5) is 13.2 Å². The van der Waals surface area contributed by atoms with Gasteiger partial charge in [-0.25, -0.2) is 0 Å². The Kier molecular flexibility index (Phi) is 9.36. The molecule has 42 heavy (non-hydrogen) atoms. The van der Waals surface area contributed by atoms with E-state index in [9.17, 15) is 18.0 Å². The van der Waals surface area contributed by atoms with Crippen molar-refractivity contribution >= 4 is 56.6 Å². The molecule has 0 fully saturated rings. The quantitative estimate of drug-likeness (QED) is 0.0851. The average Bonchev–Trinajstić information content (AvgIpc) is 3.31. The number of aromatic nitrogens is 1. The summed E-state index contributed by atoms with van der Waals surface area (Å²) in [7, 11) is 2.05. The first-order valence-electron chi connectivity index (χ1n) is 13.4. The number of aryl methyl sites for hydroxylation is 2. The van der Waals surface area contributed by atoms with Gasteiger partial charge in [-0.15, -0.1) is 0 Å². The van der Waals surface area contributed by atoms with Gasteiger partial charge in [-0.05, 0) is 0 Å². The summed E-state index contributed by atoms with van der Waals surface area (Å²) in [6.07, 6.45) is -0.858. The van der Waals surface area contributed by atoms with E-state index in [1.807, 2.05) is 68.1 Å². The summed E-state index contributed by atoms with van der Waals surface area (Å²) < 4.78 is 50.3. The van der Waals surface area contributed by atoms with Crippen molar-refractivity contribution in [3.05, 3.63) is 111 Å². The van der Waals surface area contributed by atoms with E-state index in [4.69, 9.17) is 4.42 Å². The van der Waals surface area contributed by atoms with Gasteiger partial charge in [-0.3, -0.25) is 0 Å². The molecule has 0 N–H and O–H groups in total. The van der Waals surface area contributed by atoms with Crippen LogP contribution in [0.15, 0.2) is 82.3 Å². The van der Waals surface area contributed by atoms with Crippen molar-refractivity contribution in [3.8, 4) is 5.69 Å². The van der Waals surface area contributed by atoms with E-state index in [0.717, 1.165) is 46.7 Å². The molecular weight excluding hydrogens is 769 g/mol. The first-order valence-corrected chi connectivity index (χ1v) is 22.8. The van der Waals surface area contributed by atoms with Gasteiger partial charge >= 0.3 is 249 Å². The van der Waals surface area contributed by atoms with Crippen LogP contribution in [0.2, 0.25) is 0 Å². The molecule has 0 saturated heterocycles. The molecular formula is C32H32F3I2N3O2. The van der Waals surface area contributed by atoms with Crippen LogP contribution in [0.3, 0.4) is 0 Å². The van der Waals surface area contributed by atoms with Crippen LogP contribution >= 0.6 is 34.7 Å². The van der Waals surface area contributed by atoms with Gasteiger partial charge in [0, 0.05) is 0 Å². The number of para-hydroxylation sites is 1. The van der Waals surface area contributed by atoms with Crippen molar-refractivity contribution < 1.29 is 17.6 Å². The van der Waals surface area contributed by atoms with Crippen LogP contribution in [-0.4, -0.2) is 37.6 Å². The number of likely N-dealkylation sites (N-methyl/N-ethyl adjacent to an activating group) is 1. The second-order valence-corrected chi connectivity index (χ2v) is 22.0. The molecule has 5 aromatic rings. The summed E-state index contributed by atoms with van der Waals surface area (Å²) in [4.78, 5) is 17.8. The number of alkyl halides is 4. The zero-order valence-corrected chi connectivity index (χ0v) is 28.1. The Hall–Kier alpha value is -2.42. The molecule has 0 atom stereocenters. The SMILES string of the molecule is Cc1cc2occ(CN(CCN(C)Cc3cn(-c4cccc(C(F)(F)F)c4)c4ccccc34)I(C)I)c(=O)c2cc1C. The fourth-order valence-electron chi connectivity index (χ4n) is 5.07. The Morgan fingerprint density at radius 3 is 2.40 bits per heavy atom. The van der Waals surface area contributed by atoms with Gasteiger partial charge < -0.3 is 0 Å².